The average molecular weight is 316 g/mol. The smallest absolute Gasteiger partial charge is 0.262 e. The van der Waals surface area contributed by atoms with E-state index in [-0.39, 0.29) is 23.8 Å². The van der Waals surface area contributed by atoms with Gasteiger partial charge in [-0.05, 0) is 36.4 Å². The van der Waals surface area contributed by atoms with Gasteiger partial charge in [0.1, 0.15) is 17.3 Å². The summed E-state index contributed by atoms with van der Waals surface area (Å²) in [6.07, 6.45) is 0. The molecule has 0 aliphatic carbocycles. The Morgan fingerprint density at radius 2 is 2.13 bits per heavy atom. The molecule has 0 bridgehead atoms. The molecule has 1 heterocycles. The number of carbonyl (C=O) groups is 2. The number of carbonyl (C=O) groups excluding carboxylic acids is 2. The minimum atomic E-state index is -0.540. The number of halogens is 1. The lowest BCUT2D eigenvalue weighted by atomic mass is 10.1. The highest BCUT2D eigenvalue weighted by molar-refractivity contribution is 6.07. The van der Waals surface area contributed by atoms with Crippen LogP contribution in [0, 0.1) is 5.82 Å². The van der Waals surface area contributed by atoms with Gasteiger partial charge < -0.3 is 20.1 Å². The SMILES string of the molecule is COc1ccc(F)cc1C(=O)Nc1ccc2c(c1)NC(=O)CO2. The van der Waals surface area contributed by atoms with Gasteiger partial charge in [-0.1, -0.05) is 0 Å². The summed E-state index contributed by atoms with van der Waals surface area (Å²) < 4.78 is 23.6. The molecule has 0 saturated carbocycles. The van der Waals surface area contributed by atoms with Gasteiger partial charge in [-0.2, -0.15) is 0 Å². The quantitative estimate of drug-likeness (QED) is 0.912. The third kappa shape index (κ3) is 3.08. The minimum Gasteiger partial charge on any atom is -0.496 e. The number of hydrogen-bond acceptors (Lipinski definition) is 4. The van der Waals surface area contributed by atoms with Crippen LogP contribution in [-0.4, -0.2) is 25.5 Å². The van der Waals surface area contributed by atoms with E-state index in [9.17, 15) is 14.0 Å². The predicted molar refractivity (Wildman–Crippen MR) is 81.5 cm³/mol. The number of ether oxygens (including phenoxy) is 2. The van der Waals surface area contributed by atoms with Gasteiger partial charge in [0, 0.05) is 5.69 Å². The summed E-state index contributed by atoms with van der Waals surface area (Å²) in [4.78, 5) is 23.6. The molecule has 118 valence electrons. The van der Waals surface area contributed by atoms with Crippen molar-refractivity contribution in [1.29, 1.82) is 0 Å². The summed E-state index contributed by atoms with van der Waals surface area (Å²) in [5.41, 5.74) is 0.974. The summed E-state index contributed by atoms with van der Waals surface area (Å²) in [6, 6.07) is 8.51. The Morgan fingerprint density at radius 1 is 1.30 bits per heavy atom. The van der Waals surface area contributed by atoms with Crippen LogP contribution in [0.5, 0.6) is 11.5 Å². The van der Waals surface area contributed by atoms with E-state index in [0.29, 0.717) is 17.1 Å². The maximum atomic E-state index is 13.4. The third-order valence-corrected chi connectivity index (χ3v) is 3.28. The molecule has 1 aliphatic heterocycles. The second kappa shape index (κ2) is 5.96. The lowest BCUT2D eigenvalue weighted by molar-refractivity contribution is -0.118. The van der Waals surface area contributed by atoms with E-state index in [1.807, 2.05) is 0 Å². The molecule has 2 amide bonds. The van der Waals surface area contributed by atoms with E-state index in [1.54, 1.807) is 18.2 Å². The highest BCUT2D eigenvalue weighted by atomic mass is 19.1. The molecular weight excluding hydrogens is 303 g/mol. The van der Waals surface area contributed by atoms with Crippen molar-refractivity contribution in [3.05, 3.63) is 47.8 Å². The average Bonchev–Trinajstić information content (AvgIpc) is 2.54. The minimum absolute atomic E-state index is 0.0425. The highest BCUT2D eigenvalue weighted by Gasteiger charge is 2.18. The van der Waals surface area contributed by atoms with Crippen LogP contribution < -0.4 is 20.1 Å². The molecule has 2 aromatic rings. The number of nitrogens with one attached hydrogen (secondary N) is 2. The van der Waals surface area contributed by atoms with Gasteiger partial charge in [0.15, 0.2) is 6.61 Å². The van der Waals surface area contributed by atoms with Crippen LogP contribution in [0.2, 0.25) is 0 Å². The van der Waals surface area contributed by atoms with E-state index >= 15 is 0 Å². The molecule has 0 spiro atoms. The highest BCUT2D eigenvalue weighted by Crippen LogP contribution is 2.31. The van der Waals surface area contributed by atoms with Crippen molar-refractivity contribution in [2.45, 2.75) is 0 Å². The zero-order valence-corrected chi connectivity index (χ0v) is 12.2. The molecule has 2 aromatic carbocycles. The molecule has 0 fully saturated rings. The second-order valence-corrected chi connectivity index (χ2v) is 4.85. The maximum Gasteiger partial charge on any atom is 0.262 e. The van der Waals surface area contributed by atoms with Crippen molar-refractivity contribution in [1.82, 2.24) is 0 Å². The fourth-order valence-electron chi connectivity index (χ4n) is 2.22. The molecule has 6 nitrogen and oxygen atoms in total. The number of methoxy groups -OCH3 is 1. The van der Waals surface area contributed by atoms with Crippen LogP contribution in [0.3, 0.4) is 0 Å². The molecule has 0 atom stereocenters. The third-order valence-electron chi connectivity index (χ3n) is 3.28. The van der Waals surface area contributed by atoms with Gasteiger partial charge in [-0.15, -0.1) is 0 Å². The number of anilines is 2. The van der Waals surface area contributed by atoms with E-state index in [0.717, 1.165) is 6.07 Å². The first-order valence-electron chi connectivity index (χ1n) is 6.78. The second-order valence-electron chi connectivity index (χ2n) is 4.85. The summed E-state index contributed by atoms with van der Waals surface area (Å²) >= 11 is 0. The maximum absolute atomic E-state index is 13.4. The van der Waals surface area contributed by atoms with Crippen molar-refractivity contribution >= 4 is 23.2 Å². The normalized spacial score (nSPS) is 12.7. The molecule has 23 heavy (non-hydrogen) atoms. The fraction of sp³-hybridized carbons (Fsp3) is 0.125. The Hall–Kier alpha value is -3.09. The lowest BCUT2D eigenvalue weighted by Gasteiger charge is -2.18. The van der Waals surface area contributed by atoms with E-state index in [4.69, 9.17) is 9.47 Å². The van der Waals surface area contributed by atoms with Crippen molar-refractivity contribution in [2.24, 2.45) is 0 Å². The Labute approximate surface area is 131 Å². The molecule has 0 aromatic heterocycles. The predicted octanol–water partition coefficient (Wildman–Crippen LogP) is 2.42. The summed E-state index contributed by atoms with van der Waals surface area (Å²) in [5.74, 6) is -0.552. The first-order chi connectivity index (χ1) is 11.1. The molecule has 0 unspecified atom stereocenters. The van der Waals surface area contributed by atoms with Crippen molar-refractivity contribution in [3.8, 4) is 11.5 Å². The Balaban J connectivity index is 1.85. The van der Waals surface area contributed by atoms with E-state index in [1.165, 1.54) is 19.2 Å². The summed E-state index contributed by atoms with van der Waals surface area (Å²) in [5, 5.41) is 5.28. The van der Waals surface area contributed by atoms with Crippen LogP contribution in [0.25, 0.3) is 0 Å². The molecule has 3 rings (SSSR count). The zero-order chi connectivity index (χ0) is 16.4. The largest absolute Gasteiger partial charge is 0.496 e. The van der Waals surface area contributed by atoms with Crippen molar-refractivity contribution in [3.63, 3.8) is 0 Å². The summed E-state index contributed by atoms with van der Waals surface area (Å²) in [7, 11) is 1.40. The number of benzene rings is 2. The molecule has 7 heteroatoms. The number of rotatable bonds is 3. The topological polar surface area (TPSA) is 76.7 Å². The van der Waals surface area contributed by atoms with Gasteiger partial charge in [0.05, 0.1) is 18.4 Å². The van der Waals surface area contributed by atoms with Crippen molar-refractivity contribution in [2.75, 3.05) is 24.4 Å². The zero-order valence-electron chi connectivity index (χ0n) is 12.2. The van der Waals surface area contributed by atoms with Crippen LogP contribution in [0.4, 0.5) is 15.8 Å². The monoisotopic (exact) mass is 316 g/mol. The van der Waals surface area contributed by atoms with E-state index < -0.39 is 11.7 Å². The van der Waals surface area contributed by atoms with Gasteiger partial charge in [-0.3, -0.25) is 9.59 Å². The first-order valence-corrected chi connectivity index (χ1v) is 6.78. The van der Waals surface area contributed by atoms with Crippen molar-refractivity contribution < 1.29 is 23.5 Å². The van der Waals surface area contributed by atoms with Gasteiger partial charge in [0.25, 0.3) is 11.8 Å². The van der Waals surface area contributed by atoms with Gasteiger partial charge in [0.2, 0.25) is 0 Å². The molecule has 0 saturated heterocycles. The Bertz CT molecular complexity index is 792. The van der Waals surface area contributed by atoms with Gasteiger partial charge in [-0.25, -0.2) is 4.39 Å². The molecule has 1 aliphatic rings. The lowest BCUT2D eigenvalue weighted by Crippen LogP contribution is -2.25. The fourth-order valence-corrected chi connectivity index (χ4v) is 2.22. The number of hydrogen-bond donors (Lipinski definition) is 2. The Morgan fingerprint density at radius 3 is 2.91 bits per heavy atom. The van der Waals surface area contributed by atoms with Gasteiger partial charge >= 0.3 is 0 Å². The van der Waals surface area contributed by atoms with E-state index in [2.05, 4.69) is 10.6 Å². The first kappa shape index (κ1) is 14.8. The van der Waals surface area contributed by atoms with Crippen LogP contribution in [-0.2, 0) is 4.79 Å². The molecular formula is C16H13FN2O4. The standard InChI is InChI=1S/C16H13FN2O4/c1-22-13-4-2-9(17)6-11(13)16(21)18-10-3-5-14-12(7-10)19-15(20)8-23-14/h2-7H,8H2,1H3,(H,18,21)(H,19,20). The van der Waals surface area contributed by atoms with Crippen LogP contribution in [0.15, 0.2) is 36.4 Å². The van der Waals surface area contributed by atoms with Crippen LogP contribution in [0.1, 0.15) is 10.4 Å². The Kier molecular flexibility index (Phi) is 3.84. The molecule has 0 radical (unpaired) electrons. The number of amides is 2. The van der Waals surface area contributed by atoms with Crippen LogP contribution >= 0.6 is 0 Å². The number of fused-ring (bicyclic) bond motifs is 1. The summed E-state index contributed by atoms with van der Waals surface area (Å²) in [6.45, 7) is -0.0425. The molecule has 2 N–H and O–H groups in total.